The van der Waals surface area contributed by atoms with Crippen LogP contribution in [-0.4, -0.2) is 29.9 Å². The highest BCUT2D eigenvalue weighted by atomic mass is 79.9. The zero-order valence-corrected chi connectivity index (χ0v) is 13.3. The molecule has 1 nitrogen and oxygen atoms in total. The number of alkyl halides is 1. The zero-order valence-electron chi connectivity index (χ0n) is 11.8. The average molecular weight is 304 g/mol. The fourth-order valence-corrected chi connectivity index (χ4v) is 3.64. The zero-order chi connectivity index (χ0) is 12.5. The molecule has 0 spiro atoms. The van der Waals surface area contributed by atoms with Gasteiger partial charge in [0.15, 0.2) is 0 Å². The van der Waals surface area contributed by atoms with Crippen molar-refractivity contribution in [2.24, 2.45) is 11.8 Å². The van der Waals surface area contributed by atoms with Gasteiger partial charge in [-0.05, 0) is 44.1 Å². The predicted octanol–water partition coefficient (Wildman–Crippen LogP) is 4.70. The highest BCUT2D eigenvalue weighted by Crippen LogP contribution is 2.23. The molecule has 0 bridgehead atoms. The lowest BCUT2D eigenvalue weighted by molar-refractivity contribution is 0.144. The number of halogens is 1. The number of unbranched alkanes of at least 4 members (excludes halogenated alkanes) is 1. The van der Waals surface area contributed by atoms with Crippen LogP contribution in [0.2, 0.25) is 0 Å². The van der Waals surface area contributed by atoms with E-state index in [1.54, 1.807) is 0 Å². The van der Waals surface area contributed by atoms with Gasteiger partial charge >= 0.3 is 0 Å². The van der Waals surface area contributed by atoms with Crippen molar-refractivity contribution < 1.29 is 0 Å². The van der Waals surface area contributed by atoms with E-state index in [0.717, 1.165) is 11.8 Å². The smallest absolute Gasteiger partial charge is 0.00344 e. The van der Waals surface area contributed by atoms with Gasteiger partial charge in [-0.3, -0.25) is 0 Å². The molecule has 0 aromatic rings. The standard InChI is InChI=1S/C15H30BrN/c1-3-5-7-14(4-2)12-17-11-6-8-15(13-17)9-10-16/h14-15H,3-13H2,1-2H3. The Labute approximate surface area is 116 Å². The molecule has 102 valence electrons. The van der Waals surface area contributed by atoms with Gasteiger partial charge in [-0.2, -0.15) is 0 Å². The molecule has 1 heterocycles. The minimum atomic E-state index is 0.942. The molecule has 1 saturated heterocycles. The Morgan fingerprint density at radius 2 is 2.18 bits per heavy atom. The molecule has 2 heteroatoms. The Kier molecular flexibility index (Phi) is 8.55. The molecule has 2 atom stereocenters. The molecule has 0 aromatic carbocycles. The van der Waals surface area contributed by atoms with Gasteiger partial charge in [-0.25, -0.2) is 0 Å². The van der Waals surface area contributed by atoms with E-state index in [9.17, 15) is 0 Å². The van der Waals surface area contributed by atoms with Gasteiger partial charge < -0.3 is 4.90 Å². The molecule has 1 aliphatic rings. The van der Waals surface area contributed by atoms with Crippen molar-refractivity contribution in [3.05, 3.63) is 0 Å². The lowest BCUT2D eigenvalue weighted by Gasteiger charge is -2.34. The summed E-state index contributed by atoms with van der Waals surface area (Å²) >= 11 is 3.59. The molecule has 1 aliphatic heterocycles. The monoisotopic (exact) mass is 303 g/mol. The molecule has 1 fully saturated rings. The maximum atomic E-state index is 3.59. The normalized spacial score (nSPS) is 23.8. The van der Waals surface area contributed by atoms with E-state index < -0.39 is 0 Å². The third kappa shape index (κ3) is 6.24. The topological polar surface area (TPSA) is 3.24 Å². The second-order valence-corrected chi connectivity index (χ2v) is 6.45. The van der Waals surface area contributed by atoms with Crippen LogP contribution in [0.15, 0.2) is 0 Å². The minimum absolute atomic E-state index is 0.942. The number of hydrogen-bond donors (Lipinski definition) is 0. The van der Waals surface area contributed by atoms with E-state index in [-0.39, 0.29) is 0 Å². The van der Waals surface area contributed by atoms with Gasteiger partial charge in [0.05, 0.1) is 0 Å². The molecule has 0 N–H and O–H groups in total. The lowest BCUT2D eigenvalue weighted by Crippen LogP contribution is -2.38. The summed E-state index contributed by atoms with van der Waals surface area (Å²) in [4.78, 5) is 2.74. The summed E-state index contributed by atoms with van der Waals surface area (Å²) in [7, 11) is 0. The largest absolute Gasteiger partial charge is 0.303 e. The molecule has 17 heavy (non-hydrogen) atoms. The maximum Gasteiger partial charge on any atom is 0.00344 e. The van der Waals surface area contributed by atoms with E-state index in [4.69, 9.17) is 0 Å². The van der Waals surface area contributed by atoms with Crippen LogP contribution in [0.3, 0.4) is 0 Å². The molecule has 2 unspecified atom stereocenters. The summed E-state index contributed by atoms with van der Waals surface area (Å²) in [5.41, 5.74) is 0. The van der Waals surface area contributed by atoms with Gasteiger partial charge in [-0.15, -0.1) is 0 Å². The van der Waals surface area contributed by atoms with E-state index >= 15 is 0 Å². The van der Waals surface area contributed by atoms with Gasteiger partial charge in [0.1, 0.15) is 0 Å². The molecular formula is C15H30BrN. The quantitative estimate of drug-likeness (QED) is 0.588. The van der Waals surface area contributed by atoms with Crippen molar-refractivity contribution in [2.75, 3.05) is 25.0 Å². The number of nitrogens with zero attached hydrogens (tertiary/aromatic N) is 1. The first-order valence-electron chi connectivity index (χ1n) is 7.58. The Morgan fingerprint density at radius 3 is 2.82 bits per heavy atom. The highest BCUT2D eigenvalue weighted by Gasteiger charge is 2.21. The molecule has 0 radical (unpaired) electrons. The van der Waals surface area contributed by atoms with E-state index in [0.29, 0.717) is 0 Å². The first kappa shape index (κ1) is 15.5. The average Bonchev–Trinajstić information content (AvgIpc) is 2.35. The van der Waals surface area contributed by atoms with Crippen LogP contribution in [0.5, 0.6) is 0 Å². The highest BCUT2D eigenvalue weighted by molar-refractivity contribution is 9.09. The fraction of sp³-hybridized carbons (Fsp3) is 1.00. The molecular weight excluding hydrogens is 274 g/mol. The van der Waals surface area contributed by atoms with Crippen LogP contribution in [0.25, 0.3) is 0 Å². The lowest BCUT2D eigenvalue weighted by atomic mass is 9.93. The van der Waals surface area contributed by atoms with Crippen LogP contribution in [0.1, 0.15) is 58.8 Å². The van der Waals surface area contributed by atoms with Crippen molar-refractivity contribution in [1.29, 1.82) is 0 Å². The Hall–Kier alpha value is 0.440. The van der Waals surface area contributed by atoms with Crippen LogP contribution in [-0.2, 0) is 0 Å². The summed E-state index contributed by atoms with van der Waals surface area (Å²) in [6.45, 7) is 8.73. The van der Waals surface area contributed by atoms with Gasteiger partial charge in [-0.1, -0.05) is 49.0 Å². The fourth-order valence-electron chi connectivity index (χ4n) is 2.99. The Bertz CT molecular complexity index is 182. The number of piperidine rings is 1. The first-order valence-corrected chi connectivity index (χ1v) is 8.70. The number of hydrogen-bond acceptors (Lipinski definition) is 1. The summed E-state index contributed by atoms with van der Waals surface area (Å²) in [5.74, 6) is 1.89. The van der Waals surface area contributed by atoms with Crippen LogP contribution in [0.4, 0.5) is 0 Å². The van der Waals surface area contributed by atoms with Crippen LogP contribution < -0.4 is 0 Å². The predicted molar refractivity (Wildman–Crippen MR) is 80.9 cm³/mol. The molecule has 0 saturated carbocycles. The number of likely N-dealkylation sites (tertiary alicyclic amines) is 1. The summed E-state index contributed by atoms with van der Waals surface area (Å²) in [6, 6.07) is 0. The molecule has 1 rings (SSSR count). The minimum Gasteiger partial charge on any atom is -0.303 e. The summed E-state index contributed by atoms with van der Waals surface area (Å²) in [6.07, 6.45) is 9.80. The Morgan fingerprint density at radius 1 is 1.35 bits per heavy atom. The van der Waals surface area contributed by atoms with Gasteiger partial charge in [0.2, 0.25) is 0 Å². The van der Waals surface area contributed by atoms with Crippen molar-refractivity contribution >= 4 is 15.9 Å². The van der Waals surface area contributed by atoms with Crippen molar-refractivity contribution in [3.63, 3.8) is 0 Å². The molecule has 0 aromatic heterocycles. The van der Waals surface area contributed by atoms with Crippen molar-refractivity contribution in [3.8, 4) is 0 Å². The van der Waals surface area contributed by atoms with E-state index in [1.165, 1.54) is 69.9 Å². The van der Waals surface area contributed by atoms with Crippen molar-refractivity contribution in [1.82, 2.24) is 4.90 Å². The van der Waals surface area contributed by atoms with Crippen LogP contribution >= 0.6 is 15.9 Å². The molecule has 0 amide bonds. The van der Waals surface area contributed by atoms with E-state index in [2.05, 4.69) is 34.7 Å². The van der Waals surface area contributed by atoms with Gasteiger partial charge in [0, 0.05) is 18.4 Å². The second kappa shape index (κ2) is 9.38. The van der Waals surface area contributed by atoms with Crippen LogP contribution in [0, 0.1) is 11.8 Å². The Balaban J connectivity index is 2.27. The summed E-state index contributed by atoms with van der Waals surface area (Å²) in [5, 5.41) is 1.18. The first-order chi connectivity index (χ1) is 8.30. The van der Waals surface area contributed by atoms with Gasteiger partial charge in [0.25, 0.3) is 0 Å². The molecule has 0 aliphatic carbocycles. The maximum absolute atomic E-state index is 3.59. The van der Waals surface area contributed by atoms with Crippen molar-refractivity contribution in [2.45, 2.75) is 58.8 Å². The second-order valence-electron chi connectivity index (χ2n) is 5.66. The summed E-state index contributed by atoms with van der Waals surface area (Å²) < 4.78 is 0. The third-order valence-corrected chi connectivity index (χ3v) is 4.64. The third-order valence-electron chi connectivity index (χ3n) is 4.18. The SMILES string of the molecule is CCCCC(CC)CN1CCCC(CCBr)C1. The number of rotatable bonds is 8. The van der Waals surface area contributed by atoms with E-state index in [1.807, 2.05) is 0 Å².